The maximum Gasteiger partial charge on any atom is 0.460 e. The van der Waals surface area contributed by atoms with Crippen LogP contribution >= 0.6 is 0 Å². The second-order valence-corrected chi connectivity index (χ2v) is 4.28. The van der Waals surface area contributed by atoms with Crippen LogP contribution in [0.25, 0.3) is 0 Å². The Hall–Kier alpha value is -1.15. The van der Waals surface area contributed by atoms with E-state index in [-0.39, 0.29) is 12.8 Å². The molecule has 0 radical (unpaired) electrons. The number of carbonyl (C=O) groups is 2. The van der Waals surface area contributed by atoms with Crippen molar-refractivity contribution in [2.45, 2.75) is 43.7 Å². The average molecular weight is 294 g/mol. The third-order valence-corrected chi connectivity index (χ3v) is 2.93. The highest BCUT2D eigenvalue weighted by molar-refractivity contribution is 6.06. The summed E-state index contributed by atoms with van der Waals surface area (Å²) < 4.78 is 87.1. The van der Waals surface area contributed by atoms with Crippen molar-refractivity contribution in [3.05, 3.63) is 0 Å². The first-order chi connectivity index (χ1) is 8.43. The second kappa shape index (κ2) is 4.75. The van der Waals surface area contributed by atoms with Gasteiger partial charge in [0.25, 0.3) is 0 Å². The van der Waals surface area contributed by atoms with Crippen molar-refractivity contribution in [3.8, 4) is 0 Å². The van der Waals surface area contributed by atoms with Crippen LogP contribution in [0.1, 0.15) is 25.7 Å². The monoisotopic (exact) mass is 294 g/mol. The van der Waals surface area contributed by atoms with Crippen LogP contribution in [0, 0.1) is 5.92 Å². The molecule has 0 N–H and O–H groups in total. The van der Waals surface area contributed by atoms with Gasteiger partial charge in [-0.05, 0) is 12.8 Å². The smallest absolute Gasteiger partial charge is 0.299 e. The highest BCUT2D eigenvalue weighted by Gasteiger charge is 2.76. The highest BCUT2D eigenvalue weighted by atomic mass is 19.4. The quantitative estimate of drug-likeness (QED) is 0.592. The summed E-state index contributed by atoms with van der Waals surface area (Å²) >= 11 is 0. The standard InChI is InChI=1S/C10H9F7O2/c11-8(12,9(13,14)10(15,16)17)7(19)5-3-1-2-4-6(5)18/h5H,1-4H2/t5-/m1/s1. The molecule has 1 saturated carbocycles. The SMILES string of the molecule is O=C1CCCC[C@H]1C(=O)C(F)(F)C(F)(F)C(F)(F)F. The summed E-state index contributed by atoms with van der Waals surface area (Å²) in [5, 5.41) is 0. The first-order valence-corrected chi connectivity index (χ1v) is 5.32. The lowest BCUT2D eigenvalue weighted by molar-refractivity contribution is -0.344. The Bertz CT molecular complexity index is 386. The molecule has 110 valence electrons. The summed E-state index contributed by atoms with van der Waals surface area (Å²) in [6.07, 6.45) is -6.82. The van der Waals surface area contributed by atoms with E-state index in [2.05, 4.69) is 0 Å². The molecule has 0 heterocycles. The van der Waals surface area contributed by atoms with E-state index in [0.29, 0.717) is 6.42 Å². The van der Waals surface area contributed by atoms with Gasteiger partial charge in [0, 0.05) is 6.42 Å². The number of hydrogen-bond acceptors (Lipinski definition) is 2. The summed E-state index contributed by atoms with van der Waals surface area (Å²) in [4.78, 5) is 22.4. The first kappa shape index (κ1) is 15.9. The summed E-state index contributed by atoms with van der Waals surface area (Å²) in [6.45, 7) is 0. The van der Waals surface area contributed by atoms with Crippen molar-refractivity contribution < 1.29 is 40.3 Å². The molecule has 0 aromatic carbocycles. The van der Waals surface area contributed by atoms with Crippen molar-refractivity contribution in [3.63, 3.8) is 0 Å². The van der Waals surface area contributed by atoms with Crippen molar-refractivity contribution in [2.75, 3.05) is 0 Å². The molecule has 1 fully saturated rings. The van der Waals surface area contributed by atoms with Gasteiger partial charge in [-0.2, -0.15) is 30.7 Å². The molecule has 0 aromatic heterocycles. The van der Waals surface area contributed by atoms with Gasteiger partial charge in [0.05, 0.1) is 5.92 Å². The molecule has 9 heteroatoms. The molecule has 0 amide bonds. The van der Waals surface area contributed by atoms with E-state index in [0.717, 1.165) is 0 Å². The molecular weight excluding hydrogens is 285 g/mol. The third kappa shape index (κ3) is 2.59. The minimum atomic E-state index is -6.57. The van der Waals surface area contributed by atoms with Crippen LogP contribution in [0.15, 0.2) is 0 Å². The summed E-state index contributed by atoms with van der Waals surface area (Å²) in [5.41, 5.74) is 0. The highest BCUT2D eigenvalue weighted by Crippen LogP contribution is 2.48. The fourth-order valence-corrected chi connectivity index (χ4v) is 1.81. The Morgan fingerprint density at radius 1 is 1.00 bits per heavy atom. The molecule has 0 bridgehead atoms. The van der Waals surface area contributed by atoms with Crippen LogP contribution < -0.4 is 0 Å². The largest absolute Gasteiger partial charge is 0.460 e. The minimum absolute atomic E-state index is 0.149. The maximum absolute atomic E-state index is 13.1. The van der Waals surface area contributed by atoms with E-state index in [9.17, 15) is 40.3 Å². The van der Waals surface area contributed by atoms with Crippen LogP contribution in [0.4, 0.5) is 30.7 Å². The number of hydrogen-bond donors (Lipinski definition) is 0. The average Bonchev–Trinajstić information content (AvgIpc) is 2.27. The van der Waals surface area contributed by atoms with E-state index in [1.807, 2.05) is 0 Å². The molecule has 0 unspecified atom stereocenters. The molecule has 1 atom stereocenters. The number of carbonyl (C=O) groups excluding carboxylic acids is 2. The van der Waals surface area contributed by atoms with E-state index in [1.54, 1.807) is 0 Å². The molecule has 1 aliphatic carbocycles. The van der Waals surface area contributed by atoms with Gasteiger partial charge in [0.2, 0.25) is 5.78 Å². The van der Waals surface area contributed by atoms with E-state index < -0.39 is 41.9 Å². The number of Topliss-reactive ketones (excluding diaryl/α,β-unsaturated/α-hetero) is 2. The molecule has 1 aliphatic rings. The molecule has 0 spiro atoms. The van der Waals surface area contributed by atoms with Crippen LogP contribution in [-0.4, -0.2) is 29.6 Å². The summed E-state index contributed by atoms with van der Waals surface area (Å²) in [5.74, 6) is -18.2. The van der Waals surface area contributed by atoms with E-state index in [4.69, 9.17) is 0 Å². The van der Waals surface area contributed by atoms with Crippen molar-refractivity contribution >= 4 is 11.6 Å². The van der Waals surface area contributed by atoms with Gasteiger partial charge >= 0.3 is 18.0 Å². The second-order valence-electron chi connectivity index (χ2n) is 4.28. The van der Waals surface area contributed by atoms with Crippen molar-refractivity contribution in [1.29, 1.82) is 0 Å². The van der Waals surface area contributed by atoms with E-state index in [1.165, 1.54) is 0 Å². The lowest BCUT2D eigenvalue weighted by Crippen LogP contribution is -2.58. The Balaban J connectivity index is 3.05. The van der Waals surface area contributed by atoms with Gasteiger partial charge in [0.1, 0.15) is 5.78 Å². The molecular formula is C10H9F7O2. The first-order valence-electron chi connectivity index (χ1n) is 5.32. The van der Waals surface area contributed by atoms with Gasteiger partial charge in [0.15, 0.2) is 0 Å². The molecule has 2 nitrogen and oxygen atoms in total. The Morgan fingerprint density at radius 3 is 1.95 bits per heavy atom. The number of rotatable bonds is 3. The lowest BCUT2D eigenvalue weighted by atomic mass is 9.82. The van der Waals surface area contributed by atoms with Gasteiger partial charge in [-0.25, -0.2) is 0 Å². The fourth-order valence-electron chi connectivity index (χ4n) is 1.81. The van der Waals surface area contributed by atoms with Crippen LogP contribution in [0.5, 0.6) is 0 Å². The number of alkyl halides is 7. The molecule has 0 aromatic rings. The minimum Gasteiger partial charge on any atom is -0.299 e. The zero-order valence-corrected chi connectivity index (χ0v) is 9.37. The predicted octanol–water partition coefficient (Wildman–Crippen LogP) is 3.15. The van der Waals surface area contributed by atoms with Crippen LogP contribution in [-0.2, 0) is 9.59 Å². The van der Waals surface area contributed by atoms with Gasteiger partial charge < -0.3 is 0 Å². The van der Waals surface area contributed by atoms with Gasteiger partial charge in [-0.1, -0.05) is 6.42 Å². The maximum atomic E-state index is 13.1. The van der Waals surface area contributed by atoms with E-state index >= 15 is 0 Å². The third-order valence-electron chi connectivity index (χ3n) is 2.93. The predicted molar refractivity (Wildman–Crippen MR) is 47.9 cm³/mol. The van der Waals surface area contributed by atoms with Crippen LogP contribution in [0.3, 0.4) is 0 Å². The molecule has 1 rings (SSSR count). The zero-order chi connectivity index (χ0) is 15.1. The molecule has 19 heavy (non-hydrogen) atoms. The summed E-state index contributed by atoms with van der Waals surface area (Å²) in [6, 6.07) is 0. The fraction of sp³-hybridized carbons (Fsp3) is 0.800. The van der Waals surface area contributed by atoms with Gasteiger partial charge in [-0.3, -0.25) is 9.59 Å². The van der Waals surface area contributed by atoms with Crippen molar-refractivity contribution in [2.24, 2.45) is 5.92 Å². The number of ketones is 2. The normalized spacial score (nSPS) is 22.5. The van der Waals surface area contributed by atoms with Crippen molar-refractivity contribution in [1.82, 2.24) is 0 Å². The summed E-state index contributed by atoms with van der Waals surface area (Å²) in [7, 11) is 0. The Kier molecular flexibility index (Phi) is 3.98. The lowest BCUT2D eigenvalue weighted by Gasteiger charge is -2.30. The zero-order valence-electron chi connectivity index (χ0n) is 9.37. The Labute approximate surface area is 102 Å². The van der Waals surface area contributed by atoms with Gasteiger partial charge in [-0.15, -0.1) is 0 Å². The Morgan fingerprint density at radius 2 is 1.53 bits per heavy atom. The topological polar surface area (TPSA) is 34.1 Å². The molecule has 0 aliphatic heterocycles. The van der Waals surface area contributed by atoms with Crippen LogP contribution in [0.2, 0.25) is 0 Å². The molecule has 0 saturated heterocycles. The number of halogens is 7.